The molecule has 5 amide bonds. The highest BCUT2D eigenvalue weighted by atomic mass is 32.2. The zero-order valence-electron chi connectivity index (χ0n) is 53.1. The molecule has 1 fully saturated rings. The van der Waals surface area contributed by atoms with Crippen molar-refractivity contribution in [2.75, 3.05) is 36.8 Å². The Kier molecular flexibility index (Phi) is 23.4. The lowest BCUT2D eigenvalue weighted by atomic mass is 9.75. The molecule has 4 aliphatic heterocycles. The summed E-state index contributed by atoms with van der Waals surface area (Å²) < 4.78 is 180. The van der Waals surface area contributed by atoms with Gasteiger partial charge in [0, 0.05) is 103 Å². The van der Waals surface area contributed by atoms with Crippen LogP contribution in [0.4, 0.5) is 11.4 Å². The minimum absolute atomic E-state index is 0.00716. The molecule has 8 N–H and O–H groups in total. The maximum absolute atomic E-state index is 13.7. The van der Waals surface area contributed by atoms with Crippen LogP contribution in [0.1, 0.15) is 154 Å². The van der Waals surface area contributed by atoms with Gasteiger partial charge in [0.2, 0.25) is 23.4 Å². The van der Waals surface area contributed by atoms with E-state index in [0.29, 0.717) is 122 Å². The third-order valence-electron chi connectivity index (χ3n) is 17.6. The van der Waals surface area contributed by atoms with Gasteiger partial charge in [0.1, 0.15) is 22.4 Å². The van der Waals surface area contributed by atoms with E-state index in [0.717, 1.165) is 12.1 Å². The fourth-order valence-electron chi connectivity index (χ4n) is 13.1. The van der Waals surface area contributed by atoms with E-state index < -0.39 is 122 Å². The van der Waals surface area contributed by atoms with E-state index in [1.807, 2.05) is 4.58 Å². The van der Waals surface area contributed by atoms with Crippen LogP contribution < -0.4 is 20.9 Å². The summed E-state index contributed by atoms with van der Waals surface area (Å²) in [7, 11) is -24.9. The van der Waals surface area contributed by atoms with Gasteiger partial charge in [0.15, 0.2) is 5.71 Å². The Morgan fingerprint density at radius 1 is 0.635 bits per heavy atom. The molecule has 0 bridgehead atoms. The lowest BCUT2D eigenvalue weighted by molar-refractivity contribution is -0.438. The third kappa shape index (κ3) is 17.9. The van der Waals surface area contributed by atoms with Crippen molar-refractivity contribution >= 4 is 125 Å². The van der Waals surface area contributed by atoms with Crippen molar-refractivity contribution in [1.82, 2.24) is 21.0 Å². The lowest BCUT2D eigenvalue weighted by Crippen LogP contribution is -2.47. The fraction of sp³-hybridized carbons (Fsp3) is 0.476. The van der Waals surface area contributed by atoms with Gasteiger partial charge in [-0.3, -0.25) is 46.7 Å². The van der Waals surface area contributed by atoms with E-state index in [-0.39, 0.29) is 105 Å². The summed E-state index contributed by atoms with van der Waals surface area (Å²) in [6.07, 6.45) is 13.2. The summed E-state index contributed by atoms with van der Waals surface area (Å²) in [5, 5.41) is 9.01. The number of unbranched alkanes of at least 4 members (excludes halogenated alkanes) is 2. The Morgan fingerprint density at radius 2 is 1.24 bits per heavy atom. The third-order valence-corrected chi connectivity index (χ3v) is 21.9. The SMILES string of the molecule is CC1(C)C2=[N+](CCCCCC(=O)NC(C(=O)NCCCCCC(=O)ON3C(=O)CCC3=O)CCCCNC(=O)CCCCCC3(C)/C(=C/C=C/C=C/2)N(CCCS(=O)(=O)O)c2ccc4c(S(=O)(=O)O)cc(S(=O)(=O)O)cc4c23)c2ccc3c(S(=O)(=O)O)cc(S(=O)(=O)O)cc3c21. The van der Waals surface area contributed by atoms with E-state index in [2.05, 4.69) is 16.0 Å². The van der Waals surface area contributed by atoms with Crippen molar-refractivity contribution in [3.63, 3.8) is 0 Å². The number of nitrogens with one attached hydrogen (secondary N) is 3. The molecule has 0 saturated carbocycles. The van der Waals surface area contributed by atoms with E-state index in [9.17, 15) is 93.6 Å². The molecular formula is C63H79N6O22S5+. The zero-order chi connectivity index (χ0) is 70.3. The molecule has 4 aliphatic rings. The molecule has 522 valence electrons. The number of imide groups is 1. The first-order valence-corrected chi connectivity index (χ1v) is 38.7. The molecular weight excluding hydrogens is 1350 g/mol. The second kappa shape index (κ2) is 30.2. The molecule has 33 heteroatoms. The van der Waals surface area contributed by atoms with Crippen molar-refractivity contribution in [2.24, 2.45) is 0 Å². The molecule has 1 saturated heterocycles. The molecule has 0 spiro atoms. The number of hydrogen-bond donors (Lipinski definition) is 8. The van der Waals surface area contributed by atoms with E-state index >= 15 is 0 Å². The number of nitrogens with zero attached hydrogens (tertiary/aromatic N) is 3. The van der Waals surface area contributed by atoms with Gasteiger partial charge in [-0.1, -0.05) is 43.6 Å². The molecule has 4 aromatic rings. The number of fused-ring (bicyclic) bond motifs is 9. The quantitative estimate of drug-likeness (QED) is 0.0242. The Bertz CT molecular complexity index is 4490. The van der Waals surface area contributed by atoms with Crippen molar-refractivity contribution in [1.29, 1.82) is 0 Å². The monoisotopic (exact) mass is 1430 g/mol. The number of carbonyl (C=O) groups excluding carboxylic acids is 6. The number of carbonyl (C=O) groups is 6. The number of anilines is 1. The maximum Gasteiger partial charge on any atom is 0.333 e. The summed E-state index contributed by atoms with van der Waals surface area (Å²) >= 11 is 0. The molecule has 8 rings (SSSR count). The van der Waals surface area contributed by atoms with Gasteiger partial charge in [0.05, 0.1) is 21.0 Å². The average molecular weight is 1430 g/mol. The smallest absolute Gasteiger partial charge is 0.333 e. The van der Waals surface area contributed by atoms with Crippen LogP contribution >= 0.6 is 0 Å². The number of rotatable bonds is 16. The van der Waals surface area contributed by atoms with Gasteiger partial charge < -0.3 is 25.7 Å². The van der Waals surface area contributed by atoms with Crippen molar-refractivity contribution < 1.29 is 103 Å². The van der Waals surface area contributed by atoms with Gasteiger partial charge in [0.25, 0.3) is 62.4 Å². The van der Waals surface area contributed by atoms with Gasteiger partial charge in [-0.05, 0) is 144 Å². The normalized spacial score (nSPS) is 21.4. The summed E-state index contributed by atoms with van der Waals surface area (Å²) in [5.41, 5.74) is 0.403. The summed E-state index contributed by atoms with van der Waals surface area (Å²) in [4.78, 5) is 80.0. The number of hydroxylamine groups is 2. The number of hydrogen-bond acceptors (Lipinski definition) is 18. The van der Waals surface area contributed by atoms with Crippen molar-refractivity contribution in [2.45, 2.75) is 179 Å². The molecule has 0 aliphatic carbocycles. The average Bonchev–Trinajstić information content (AvgIpc) is 1.53. The maximum atomic E-state index is 13.7. The summed E-state index contributed by atoms with van der Waals surface area (Å²) in [6.45, 7) is 6.03. The molecule has 0 radical (unpaired) electrons. The van der Waals surface area contributed by atoms with E-state index in [4.69, 9.17) is 4.84 Å². The number of benzene rings is 4. The second-order valence-corrected chi connectivity index (χ2v) is 32.1. The first-order chi connectivity index (χ1) is 44.9. The highest BCUT2D eigenvalue weighted by Crippen LogP contribution is 2.55. The van der Waals surface area contributed by atoms with Crippen molar-refractivity contribution in [3.8, 4) is 0 Å². The van der Waals surface area contributed by atoms with Crippen LogP contribution in [-0.2, 0) is 95.0 Å². The molecule has 28 nitrogen and oxygen atoms in total. The van der Waals surface area contributed by atoms with Crippen LogP contribution in [0.15, 0.2) is 104 Å². The standard InChI is InChI=1S/C63H78N6O22S5/c1-62(2)52-20-8-4-9-21-53-63(3,60-46-38-42(94(82,83)84)40-51(96(88,89)90)44(46)26-28-49(60)68(53)35-18-36-92(76,77)78)31-14-5-10-22-54(70)64-32-16-13-19-47(61(75)65-33-15-6-12-24-58(74)91-69-56(72)29-30-57(69)73)66-55(71)23-11-7-17-34-67(52)48-27-25-43-45(59(48)62)37-41(93(79,80)81)39-50(43)95(85,86)87/h4,8-9,20-21,25-28,37-40,47H,5-7,10-19,22-24,29-36H2,1-3H3,(H7-,64,65,66,70,71,75,76,77,78,79,80,81,82,83,84,85,86,87,88,89,90)/p+1. The van der Waals surface area contributed by atoms with Gasteiger partial charge >= 0.3 is 5.97 Å². The van der Waals surface area contributed by atoms with Crippen LogP contribution in [0.5, 0.6) is 0 Å². The fourth-order valence-corrected chi connectivity index (χ4v) is 16.2. The molecule has 4 heterocycles. The van der Waals surface area contributed by atoms with Gasteiger partial charge in [-0.25, -0.2) is 4.79 Å². The van der Waals surface area contributed by atoms with Crippen LogP contribution in [0.2, 0.25) is 0 Å². The topological polar surface area (TPSA) is 429 Å². The predicted molar refractivity (Wildman–Crippen MR) is 351 cm³/mol. The Hall–Kier alpha value is -7.34. The molecule has 2 unspecified atom stereocenters. The second-order valence-electron chi connectivity index (χ2n) is 24.9. The largest absolute Gasteiger partial charge is 0.356 e. The van der Waals surface area contributed by atoms with E-state index in [1.54, 1.807) is 62.1 Å². The number of amides is 5. The predicted octanol–water partition coefficient (Wildman–Crippen LogP) is 6.99. The van der Waals surface area contributed by atoms with Gasteiger partial charge in [-0.15, -0.1) is 5.06 Å². The molecule has 0 aromatic heterocycles. The molecule has 96 heavy (non-hydrogen) atoms. The highest BCUT2D eigenvalue weighted by Gasteiger charge is 2.47. The van der Waals surface area contributed by atoms with Crippen LogP contribution in [0, 0.1) is 0 Å². The van der Waals surface area contributed by atoms with Gasteiger partial charge in [-0.2, -0.15) is 46.7 Å². The Balaban J connectivity index is 1.14. The zero-order valence-corrected chi connectivity index (χ0v) is 57.2. The van der Waals surface area contributed by atoms with E-state index in [1.165, 1.54) is 18.2 Å². The minimum atomic E-state index is -5.16. The van der Waals surface area contributed by atoms with Crippen LogP contribution in [0.3, 0.4) is 0 Å². The number of allylic oxidation sites excluding steroid dienone is 6. The Labute approximate surface area is 557 Å². The molecule has 4 aromatic carbocycles. The first kappa shape index (κ1) is 74.5. The lowest BCUT2D eigenvalue weighted by Gasteiger charge is -2.31. The summed E-state index contributed by atoms with van der Waals surface area (Å²) in [5.74, 6) is -3.74. The first-order valence-electron chi connectivity index (χ1n) is 31.4. The Morgan fingerprint density at radius 3 is 1.85 bits per heavy atom. The minimum Gasteiger partial charge on any atom is -0.356 e. The van der Waals surface area contributed by atoms with Crippen molar-refractivity contribution in [3.05, 3.63) is 95.7 Å². The molecule has 2 atom stereocenters. The highest BCUT2D eigenvalue weighted by molar-refractivity contribution is 7.87. The van der Waals surface area contributed by atoms with Crippen LogP contribution in [0.25, 0.3) is 21.5 Å². The summed E-state index contributed by atoms with van der Waals surface area (Å²) in [6, 6.07) is 8.42. The van der Waals surface area contributed by atoms with Crippen LogP contribution in [-0.4, -0.2) is 154 Å².